The number of benzene rings is 2. The first-order valence-corrected chi connectivity index (χ1v) is 10.3. The Hall–Kier alpha value is -2.22. The highest BCUT2D eigenvalue weighted by atomic mass is 79.9. The molecule has 1 N–H and O–H groups in total. The lowest BCUT2D eigenvalue weighted by Gasteiger charge is -2.28. The van der Waals surface area contributed by atoms with Gasteiger partial charge in [0.15, 0.2) is 0 Å². The first kappa shape index (κ1) is 19.1. The fraction of sp³-hybridized carbons (Fsp3) is 0.333. The zero-order chi connectivity index (χ0) is 19.5. The first-order chi connectivity index (χ1) is 13.7. The maximum atomic E-state index is 13.5. The van der Waals surface area contributed by atoms with Crippen LogP contribution in [-0.2, 0) is 6.54 Å². The van der Waals surface area contributed by atoms with Gasteiger partial charge in [-0.2, -0.15) is 0 Å². The molecule has 1 aliphatic heterocycles. The van der Waals surface area contributed by atoms with Crippen LogP contribution >= 0.6 is 15.9 Å². The van der Waals surface area contributed by atoms with Crippen molar-refractivity contribution in [3.63, 3.8) is 0 Å². The summed E-state index contributed by atoms with van der Waals surface area (Å²) in [4.78, 5) is 20.7. The highest BCUT2D eigenvalue weighted by Crippen LogP contribution is 2.25. The molecule has 2 heterocycles. The van der Waals surface area contributed by atoms with Gasteiger partial charge in [-0.05, 0) is 37.3 Å². The van der Waals surface area contributed by atoms with Crippen LogP contribution in [0.25, 0.3) is 16.6 Å². The van der Waals surface area contributed by atoms with E-state index in [2.05, 4.69) is 26.1 Å². The van der Waals surface area contributed by atoms with Crippen molar-refractivity contribution in [2.45, 2.75) is 13.5 Å². The van der Waals surface area contributed by atoms with Crippen molar-refractivity contribution < 1.29 is 4.74 Å². The summed E-state index contributed by atoms with van der Waals surface area (Å²) in [5.41, 5.74) is 1.36. The molecule has 2 aromatic carbocycles. The normalized spacial score (nSPS) is 15.1. The van der Waals surface area contributed by atoms with Crippen molar-refractivity contribution in [3.05, 3.63) is 63.1 Å². The van der Waals surface area contributed by atoms with Crippen LogP contribution in [-0.4, -0.2) is 47.2 Å². The summed E-state index contributed by atoms with van der Waals surface area (Å²) in [6, 6.07) is 13.2. The van der Waals surface area contributed by atoms with E-state index in [4.69, 9.17) is 9.72 Å². The van der Waals surface area contributed by atoms with E-state index in [0.717, 1.165) is 42.2 Å². The molecule has 0 atom stereocenters. The van der Waals surface area contributed by atoms with Crippen molar-refractivity contribution >= 4 is 26.8 Å². The van der Waals surface area contributed by atoms with Crippen LogP contribution in [0.2, 0.25) is 0 Å². The lowest BCUT2D eigenvalue weighted by molar-refractivity contribution is 0.226. The third-order valence-electron chi connectivity index (χ3n) is 4.88. The van der Waals surface area contributed by atoms with Crippen molar-refractivity contribution in [1.82, 2.24) is 19.8 Å². The SMILES string of the molecule is CCOc1ccccc1-n1c(CN2CCNCC2)nc2cc(Br)ccc2c1=O. The lowest BCUT2D eigenvalue weighted by atomic mass is 10.2. The number of halogens is 1. The van der Waals surface area contributed by atoms with Gasteiger partial charge in [0, 0.05) is 30.7 Å². The van der Waals surface area contributed by atoms with E-state index in [1.165, 1.54) is 0 Å². The van der Waals surface area contributed by atoms with Crippen molar-refractivity contribution in [2.24, 2.45) is 0 Å². The Balaban J connectivity index is 1.92. The van der Waals surface area contributed by atoms with Crippen molar-refractivity contribution in [3.8, 4) is 11.4 Å². The summed E-state index contributed by atoms with van der Waals surface area (Å²) >= 11 is 3.49. The number of piperazine rings is 1. The third kappa shape index (κ3) is 3.83. The van der Waals surface area contributed by atoms with Gasteiger partial charge in [0.2, 0.25) is 0 Å². The molecule has 0 amide bonds. The summed E-state index contributed by atoms with van der Waals surface area (Å²) in [5.74, 6) is 1.41. The summed E-state index contributed by atoms with van der Waals surface area (Å²) in [6.45, 7) is 6.83. The Bertz CT molecular complexity index is 1040. The number of nitrogens with one attached hydrogen (secondary N) is 1. The number of hydrogen-bond donors (Lipinski definition) is 1. The topological polar surface area (TPSA) is 59.4 Å². The minimum atomic E-state index is -0.0743. The number of aromatic nitrogens is 2. The van der Waals surface area contributed by atoms with Gasteiger partial charge in [-0.3, -0.25) is 14.3 Å². The fourth-order valence-electron chi connectivity index (χ4n) is 3.55. The van der Waals surface area contributed by atoms with Gasteiger partial charge in [0.05, 0.1) is 29.7 Å². The van der Waals surface area contributed by atoms with Gasteiger partial charge >= 0.3 is 0 Å². The number of hydrogen-bond acceptors (Lipinski definition) is 5. The van der Waals surface area contributed by atoms with E-state index >= 15 is 0 Å². The molecule has 0 bridgehead atoms. The summed E-state index contributed by atoms with van der Waals surface area (Å²) < 4.78 is 8.43. The molecule has 0 unspecified atom stereocenters. The molecular formula is C21H23BrN4O2. The maximum absolute atomic E-state index is 13.5. The number of nitrogens with zero attached hydrogens (tertiary/aromatic N) is 3. The molecule has 1 aliphatic rings. The molecule has 146 valence electrons. The Kier molecular flexibility index (Phi) is 5.75. The number of fused-ring (bicyclic) bond motifs is 1. The van der Waals surface area contributed by atoms with Gasteiger partial charge in [-0.25, -0.2) is 4.98 Å². The quantitative estimate of drug-likeness (QED) is 0.657. The van der Waals surface area contributed by atoms with Crippen LogP contribution in [0.3, 0.4) is 0 Å². The minimum Gasteiger partial charge on any atom is -0.492 e. The molecule has 1 fully saturated rings. The van der Waals surface area contributed by atoms with Gasteiger partial charge in [0.25, 0.3) is 5.56 Å². The van der Waals surface area contributed by atoms with Gasteiger partial charge in [-0.1, -0.05) is 28.1 Å². The van der Waals surface area contributed by atoms with Gasteiger partial charge in [0.1, 0.15) is 11.6 Å². The Morgan fingerprint density at radius 3 is 2.75 bits per heavy atom. The second-order valence-corrected chi connectivity index (χ2v) is 7.67. The highest BCUT2D eigenvalue weighted by Gasteiger charge is 2.19. The minimum absolute atomic E-state index is 0.0743. The molecule has 0 saturated carbocycles. The second kappa shape index (κ2) is 8.43. The van der Waals surface area contributed by atoms with Gasteiger partial charge < -0.3 is 10.1 Å². The maximum Gasteiger partial charge on any atom is 0.266 e. The Morgan fingerprint density at radius 2 is 1.96 bits per heavy atom. The fourth-order valence-corrected chi connectivity index (χ4v) is 3.90. The third-order valence-corrected chi connectivity index (χ3v) is 5.37. The van der Waals surface area contributed by atoms with E-state index in [-0.39, 0.29) is 5.56 Å². The number of para-hydroxylation sites is 2. The van der Waals surface area contributed by atoms with E-state index in [0.29, 0.717) is 29.8 Å². The zero-order valence-corrected chi connectivity index (χ0v) is 17.4. The van der Waals surface area contributed by atoms with Crippen LogP contribution in [0.1, 0.15) is 12.7 Å². The van der Waals surface area contributed by atoms with Crippen LogP contribution in [0.15, 0.2) is 51.7 Å². The van der Waals surface area contributed by atoms with Crippen molar-refractivity contribution in [1.29, 1.82) is 0 Å². The van der Waals surface area contributed by atoms with E-state index < -0.39 is 0 Å². The predicted molar refractivity (Wildman–Crippen MR) is 114 cm³/mol. The van der Waals surface area contributed by atoms with E-state index in [1.54, 1.807) is 4.57 Å². The standard InChI is InChI=1S/C21H23BrN4O2/c1-2-28-19-6-4-3-5-18(19)26-20(14-25-11-9-23-10-12-25)24-17-13-15(22)7-8-16(17)21(26)27/h3-8,13,23H,2,9-12,14H2,1H3. The largest absolute Gasteiger partial charge is 0.492 e. The summed E-state index contributed by atoms with van der Waals surface area (Å²) in [7, 11) is 0. The average molecular weight is 443 g/mol. The van der Waals surface area contributed by atoms with Crippen molar-refractivity contribution in [2.75, 3.05) is 32.8 Å². The molecule has 3 aromatic rings. The average Bonchev–Trinajstić information content (AvgIpc) is 2.70. The van der Waals surface area contributed by atoms with Gasteiger partial charge in [-0.15, -0.1) is 0 Å². The second-order valence-electron chi connectivity index (χ2n) is 6.76. The lowest BCUT2D eigenvalue weighted by Crippen LogP contribution is -2.44. The molecular weight excluding hydrogens is 420 g/mol. The van der Waals surface area contributed by atoms with Crippen LogP contribution < -0.4 is 15.6 Å². The molecule has 0 aliphatic carbocycles. The molecule has 1 saturated heterocycles. The van der Waals surface area contributed by atoms with E-state index in [1.807, 2.05) is 49.4 Å². The van der Waals surface area contributed by atoms with Crippen LogP contribution in [0.4, 0.5) is 0 Å². The molecule has 0 spiro atoms. The molecule has 28 heavy (non-hydrogen) atoms. The molecule has 6 nitrogen and oxygen atoms in total. The predicted octanol–water partition coefficient (Wildman–Crippen LogP) is 2.95. The van der Waals surface area contributed by atoms with Crippen LogP contribution in [0.5, 0.6) is 5.75 Å². The monoisotopic (exact) mass is 442 g/mol. The summed E-state index contributed by atoms with van der Waals surface area (Å²) in [5, 5.41) is 3.96. The Morgan fingerprint density at radius 1 is 1.18 bits per heavy atom. The number of ether oxygens (including phenoxy) is 1. The number of rotatable bonds is 5. The molecule has 7 heteroatoms. The molecule has 1 aromatic heterocycles. The Labute approximate surface area is 172 Å². The first-order valence-electron chi connectivity index (χ1n) is 9.54. The smallest absolute Gasteiger partial charge is 0.266 e. The zero-order valence-electron chi connectivity index (χ0n) is 15.8. The molecule has 0 radical (unpaired) electrons. The summed E-state index contributed by atoms with van der Waals surface area (Å²) in [6.07, 6.45) is 0. The highest BCUT2D eigenvalue weighted by molar-refractivity contribution is 9.10. The van der Waals surface area contributed by atoms with Crippen LogP contribution in [0, 0.1) is 0 Å². The molecule has 4 rings (SSSR count). The van der Waals surface area contributed by atoms with E-state index in [9.17, 15) is 4.79 Å².